The molecule has 2 aromatic rings. The maximum absolute atomic E-state index is 13.7. The fourth-order valence-corrected chi connectivity index (χ4v) is 3.04. The van der Waals surface area contributed by atoms with Crippen molar-refractivity contribution >= 4 is 17.4 Å². The van der Waals surface area contributed by atoms with Crippen molar-refractivity contribution in [3.8, 4) is 0 Å². The third kappa shape index (κ3) is 2.48. The van der Waals surface area contributed by atoms with E-state index in [9.17, 15) is 9.18 Å². The molecule has 0 aromatic heterocycles. The average molecular weight is 289 g/mol. The minimum Gasteiger partial charge on any atom is -0.299 e. The van der Waals surface area contributed by atoms with Crippen molar-refractivity contribution in [1.29, 1.82) is 0 Å². The number of halogens is 2. The first-order valence-electron chi connectivity index (χ1n) is 6.67. The van der Waals surface area contributed by atoms with Gasteiger partial charge in [0.2, 0.25) is 0 Å². The maximum atomic E-state index is 13.7. The van der Waals surface area contributed by atoms with E-state index in [0.29, 0.717) is 10.6 Å². The quantitative estimate of drug-likeness (QED) is 0.834. The van der Waals surface area contributed by atoms with Gasteiger partial charge < -0.3 is 0 Å². The lowest BCUT2D eigenvalue weighted by Gasteiger charge is -2.10. The molecule has 102 valence electrons. The standard InChI is InChI=1S/C17H14ClFO/c18-15-6-3-7-16(19)14(15)10-17(20)13-8-11-4-1-2-5-12(11)9-13/h1-7,13H,8-10H2. The van der Waals surface area contributed by atoms with Gasteiger partial charge in [-0.05, 0) is 36.1 Å². The minimum absolute atomic E-state index is 0.0527. The first-order chi connectivity index (χ1) is 9.65. The zero-order valence-electron chi connectivity index (χ0n) is 10.9. The van der Waals surface area contributed by atoms with Gasteiger partial charge in [-0.25, -0.2) is 4.39 Å². The first-order valence-corrected chi connectivity index (χ1v) is 7.05. The van der Waals surface area contributed by atoms with Gasteiger partial charge in [-0.1, -0.05) is 41.9 Å². The van der Waals surface area contributed by atoms with Gasteiger partial charge in [0.05, 0.1) is 0 Å². The van der Waals surface area contributed by atoms with Crippen LogP contribution in [0.5, 0.6) is 0 Å². The molecule has 3 heteroatoms. The molecule has 0 fully saturated rings. The molecule has 3 rings (SSSR count). The Balaban J connectivity index is 1.76. The van der Waals surface area contributed by atoms with E-state index in [1.165, 1.54) is 17.2 Å². The fourth-order valence-electron chi connectivity index (χ4n) is 2.81. The van der Waals surface area contributed by atoms with Crippen LogP contribution in [0.4, 0.5) is 4.39 Å². The summed E-state index contributed by atoms with van der Waals surface area (Å²) in [6, 6.07) is 12.6. The van der Waals surface area contributed by atoms with Crippen molar-refractivity contribution in [3.05, 3.63) is 70.0 Å². The largest absolute Gasteiger partial charge is 0.299 e. The summed E-state index contributed by atoms with van der Waals surface area (Å²) >= 11 is 5.98. The van der Waals surface area contributed by atoms with Crippen LogP contribution in [-0.4, -0.2) is 5.78 Å². The van der Waals surface area contributed by atoms with Crippen LogP contribution < -0.4 is 0 Å². The monoisotopic (exact) mass is 288 g/mol. The number of carbonyl (C=O) groups is 1. The molecule has 2 aromatic carbocycles. The summed E-state index contributed by atoms with van der Waals surface area (Å²) in [6.45, 7) is 0. The highest BCUT2D eigenvalue weighted by Gasteiger charge is 2.27. The smallest absolute Gasteiger partial charge is 0.141 e. The molecule has 1 nitrogen and oxygen atoms in total. The van der Waals surface area contributed by atoms with Gasteiger partial charge in [0.15, 0.2) is 0 Å². The molecule has 0 bridgehead atoms. The molecule has 20 heavy (non-hydrogen) atoms. The van der Waals surface area contributed by atoms with Gasteiger partial charge in [0.1, 0.15) is 11.6 Å². The Bertz CT molecular complexity index is 621. The molecule has 0 amide bonds. The van der Waals surface area contributed by atoms with Crippen molar-refractivity contribution < 1.29 is 9.18 Å². The second kappa shape index (κ2) is 5.37. The number of hydrogen-bond acceptors (Lipinski definition) is 1. The van der Waals surface area contributed by atoms with E-state index in [4.69, 9.17) is 11.6 Å². The molecule has 0 heterocycles. The van der Waals surface area contributed by atoms with Crippen LogP contribution in [0.1, 0.15) is 16.7 Å². The lowest BCUT2D eigenvalue weighted by atomic mass is 9.95. The van der Waals surface area contributed by atoms with Gasteiger partial charge in [0, 0.05) is 22.9 Å². The van der Waals surface area contributed by atoms with Crippen LogP contribution in [0.2, 0.25) is 5.02 Å². The Morgan fingerprint density at radius 3 is 2.35 bits per heavy atom. The lowest BCUT2D eigenvalue weighted by molar-refractivity contribution is -0.122. The topological polar surface area (TPSA) is 17.1 Å². The maximum Gasteiger partial charge on any atom is 0.141 e. The average Bonchev–Trinajstić information content (AvgIpc) is 2.87. The third-order valence-electron chi connectivity index (χ3n) is 3.92. The van der Waals surface area contributed by atoms with Crippen LogP contribution >= 0.6 is 11.6 Å². The van der Waals surface area contributed by atoms with Crippen LogP contribution in [0, 0.1) is 11.7 Å². The Morgan fingerprint density at radius 2 is 1.75 bits per heavy atom. The van der Waals surface area contributed by atoms with E-state index in [0.717, 1.165) is 12.8 Å². The van der Waals surface area contributed by atoms with Crippen molar-refractivity contribution in [2.45, 2.75) is 19.3 Å². The number of rotatable bonds is 3. The number of hydrogen-bond donors (Lipinski definition) is 0. The second-order valence-electron chi connectivity index (χ2n) is 5.22. The predicted octanol–water partition coefficient (Wildman–Crippen LogP) is 4.01. The highest BCUT2D eigenvalue weighted by molar-refractivity contribution is 6.31. The van der Waals surface area contributed by atoms with Crippen LogP contribution in [-0.2, 0) is 24.1 Å². The summed E-state index contributed by atoms with van der Waals surface area (Å²) in [5.74, 6) is -0.391. The molecule has 0 unspecified atom stereocenters. The Labute approximate surface area is 122 Å². The van der Waals surface area contributed by atoms with E-state index >= 15 is 0 Å². The zero-order valence-corrected chi connectivity index (χ0v) is 11.7. The molecule has 0 saturated heterocycles. The highest BCUT2D eigenvalue weighted by Crippen LogP contribution is 2.29. The lowest BCUT2D eigenvalue weighted by Crippen LogP contribution is -2.18. The molecule has 0 spiro atoms. The van der Waals surface area contributed by atoms with E-state index in [-0.39, 0.29) is 18.1 Å². The molecule has 0 saturated carbocycles. The summed E-state index contributed by atoms with van der Waals surface area (Å²) in [7, 11) is 0. The number of fused-ring (bicyclic) bond motifs is 1. The van der Waals surface area contributed by atoms with Gasteiger partial charge in [-0.2, -0.15) is 0 Å². The van der Waals surface area contributed by atoms with Gasteiger partial charge in [-0.15, -0.1) is 0 Å². The number of ketones is 1. The van der Waals surface area contributed by atoms with Crippen LogP contribution in [0.25, 0.3) is 0 Å². The summed E-state index contributed by atoms with van der Waals surface area (Å²) in [6.07, 6.45) is 1.58. The van der Waals surface area contributed by atoms with E-state index in [2.05, 4.69) is 12.1 Å². The van der Waals surface area contributed by atoms with Crippen LogP contribution in [0.15, 0.2) is 42.5 Å². The van der Waals surface area contributed by atoms with Crippen molar-refractivity contribution in [1.82, 2.24) is 0 Å². The molecule has 0 radical (unpaired) electrons. The molecule has 0 aliphatic heterocycles. The molecule has 1 aliphatic carbocycles. The molecule has 1 aliphatic rings. The third-order valence-corrected chi connectivity index (χ3v) is 4.27. The van der Waals surface area contributed by atoms with Crippen molar-refractivity contribution in [2.24, 2.45) is 5.92 Å². The minimum atomic E-state index is -0.402. The van der Waals surface area contributed by atoms with Gasteiger partial charge in [-0.3, -0.25) is 4.79 Å². The van der Waals surface area contributed by atoms with Crippen molar-refractivity contribution in [2.75, 3.05) is 0 Å². The highest BCUT2D eigenvalue weighted by atomic mass is 35.5. The molecule has 0 N–H and O–H groups in total. The van der Waals surface area contributed by atoms with E-state index < -0.39 is 5.82 Å². The molecule has 0 atom stereocenters. The van der Waals surface area contributed by atoms with Gasteiger partial charge >= 0.3 is 0 Å². The molecular formula is C17H14ClFO. The Kier molecular flexibility index (Phi) is 3.58. The number of Topliss-reactive ketones (excluding diaryl/α,β-unsaturated/α-hetero) is 1. The van der Waals surface area contributed by atoms with Gasteiger partial charge in [0.25, 0.3) is 0 Å². The van der Waals surface area contributed by atoms with Crippen LogP contribution in [0.3, 0.4) is 0 Å². The summed E-state index contributed by atoms with van der Waals surface area (Å²) in [4.78, 5) is 12.4. The summed E-state index contributed by atoms with van der Waals surface area (Å²) < 4.78 is 13.7. The van der Waals surface area contributed by atoms with Crippen molar-refractivity contribution in [3.63, 3.8) is 0 Å². The fraction of sp³-hybridized carbons (Fsp3) is 0.235. The summed E-state index contributed by atoms with van der Waals surface area (Å²) in [5, 5.41) is 0.328. The second-order valence-corrected chi connectivity index (χ2v) is 5.62. The van der Waals surface area contributed by atoms with E-state index in [1.54, 1.807) is 12.1 Å². The normalized spacial score (nSPS) is 14.3. The number of benzene rings is 2. The Hall–Kier alpha value is -1.67. The number of carbonyl (C=O) groups excluding carboxylic acids is 1. The summed E-state index contributed by atoms with van der Waals surface area (Å²) in [5.41, 5.74) is 2.77. The molecular weight excluding hydrogens is 275 g/mol. The Morgan fingerprint density at radius 1 is 1.10 bits per heavy atom. The SMILES string of the molecule is O=C(Cc1c(F)cccc1Cl)C1Cc2ccccc2C1. The zero-order chi connectivity index (χ0) is 14.1. The first kappa shape index (κ1) is 13.3. The predicted molar refractivity (Wildman–Crippen MR) is 77.5 cm³/mol. The van der Waals surface area contributed by atoms with E-state index in [1.807, 2.05) is 12.1 Å².